The summed E-state index contributed by atoms with van der Waals surface area (Å²) < 4.78 is 26.3. The highest BCUT2D eigenvalue weighted by Crippen LogP contribution is 2.28. The first-order valence-electron chi connectivity index (χ1n) is 7.57. The molecule has 1 aromatic carbocycles. The summed E-state index contributed by atoms with van der Waals surface area (Å²) in [6.07, 6.45) is 0. The average molecular weight is 346 g/mol. The van der Waals surface area contributed by atoms with E-state index in [1.54, 1.807) is 6.92 Å². The van der Waals surface area contributed by atoms with Gasteiger partial charge in [-0.2, -0.15) is 0 Å². The SMILES string of the molecule is CCS(=O)(=O)NCC(c1ccccc1Cl)N1CCN(C)CC1. The number of likely N-dealkylation sites (N-methyl/N-ethyl adjacent to an activating group) is 1. The quantitative estimate of drug-likeness (QED) is 0.850. The Labute approximate surface area is 138 Å². The molecule has 0 radical (unpaired) electrons. The van der Waals surface area contributed by atoms with Crippen molar-refractivity contribution in [1.29, 1.82) is 0 Å². The van der Waals surface area contributed by atoms with E-state index < -0.39 is 10.0 Å². The summed E-state index contributed by atoms with van der Waals surface area (Å²) in [4.78, 5) is 4.58. The predicted molar refractivity (Wildman–Crippen MR) is 90.7 cm³/mol. The van der Waals surface area contributed by atoms with Crippen LogP contribution >= 0.6 is 11.6 Å². The number of benzene rings is 1. The fourth-order valence-corrected chi connectivity index (χ4v) is 3.50. The fraction of sp³-hybridized carbons (Fsp3) is 0.600. The lowest BCUT2D eigenvalue weighted by molar-refractivity contribution is 0.113. The van der Waals surface area contributed by atoms with Crippen molar-refractivity contribution in [3.05, 3.63) is 34.9 Å². The first-order chi connectivity index (χ1) is 10.4. The minimum Gasteiger partial charge on any atom is -0.304 e. The van der Waals surface area contributed by atoms with E-state index in [-0.39, 0.29) is 11.8 Å². The summed E-state index contributed by atoms with van der Waals surface area (Å²) in [5.74, 6) is 0.0883. The Hall–Kier alpha value is -0.660. The van der Waals surface area contributed by atoms with Gasteiger partial charge in [0.05, 0.1) is 5.75 Å². The van der Waals surface area contributed by atoms with Crippen LogP contribution in [0.15, 0.2) is 24.3 Å². The van der Waals surface area contributed by atoms with Gasteiger partial charge < -0.3 is 4.90 Å². The van der Waals surface area contributed by atoms with Gasteiger partial charge >= 0.3 is 0 Å². The Kier molecular flexibility index (Phi) is 6.23. The van der Waals surface area contributed by atoms with E-state index >= 15 is 0 Å². The summed E-state index contributed by atoms with van der Waals surface area (Å²) in [7, 11) is -1.12. The molecule has 7 heteroatoms. The molecule has 1 fully saturated rings. The molecule has 0 spiro atoms. The summed E-state index contributed by atoms with van der Waals surface area (Å²) in [5, 5.41) is 0.683. The third kappa shape index (κ3) is 4.67. The zero-order valence-corrected chi connectivity index (χ0v) is 14.7. The molecule has 1 aliphatic rings. The molecule has 1 aromatic rings. The first-order valence-corrected chi connectivity index (χ1v) is 9.60. The zero-order valence-electron chi connectivity index (χ0n) is 13.1. The molecule has 0 amide bonds. The van der Waals surface area contributed by atoms with Crippen LogP contribution in [0.2, 0.25) is 5.02 Å². The van der Waals surface area contributed by atoms with Gasteiger partial charge in [-0.25, -0.2) is 13.1 Å². The van der Waals surface area contributed by atoms with Gasteiger partial charge in [-0.05, 0) is 25.6 Å². The molecular formula is C15H24ClN3O2S. The maximum absolute atomic E-state index is 11.8. The third-order valence-corrected chi connectivity index (χ3v) is 5.83. The van der Waals surface area contributed by atoms with E-state index in [0.717, 1.165) is 31.7 Å². The van der Waals surface area contributed by atoms with Gasteiger partial charge in [-0.15, -0.1) is 0 Å². The normalized spacial score (nSPS) is 19.2. The van der Waals surface area contributed by atoms with Crippen molar-refractivity contribution in [2.75, 3.05) is 45.5 Å². The number of piperazine rings is 1. The molecule has 0 saturated carbocycles. The van der Waals surface area contributed by atoms with Gasteiger partial charge in [-0.3, -0.25) is 4.90 Å². The highest BCUT2D eigenvalue weighted by atomic mass is 35.5. The maximum atomic E-state index is 11.8. The molecule has 0 aliphatic carbocycles. The molecule has 1 atom stereocenters. The number of rotatable bonds is 6. The number of sulfonamides is 1. The first kappa shape index (κ1) is 17.7. The molecule has 5 nitrogen and oxygen atoms in total. The lowest BCUT2D eigenvalue weighted by Crippen LogP contribution is -2.48. The summed E-state index contributed by atoms with van der Waals surface area (Å²) in [6, 6.07) is 7.63. The summed E-state index contributed by atoms with van der Waals surface area (Å²) in [5.41, 5.74) is 0.979. The van der Waals surface area contributed by atoms with Crippen molar-refractivity contribution in [3.8, 4) is 0 Å². The average Bonchev–Trinajstić information content (AvgIpc) is 2.51. The van der Waals surface area contributed by atoms with Crippen LogP contribution in [0, 0.1) is 0 Å². The Morgan fingerprint density at radius 3 is 2.45 bits per heavy atom. The van der Waals surface area contributed by atoms with Crippen molar-refractivity contribution in [1.82, 2.24) is 14.5 Å². The molecule has 1 saturated heterocycles. The van der Waals surface area contributed by atoms with Gasteiger partial charge in [0.2, 0.25) is 10.0 Å². The highest BCUT2D eigenvalue weighted by Gasteiger charge is 2.26. The van der Waals surface area contributed by atoms with Crippen LogP contribution in [0.5, 0.6) is 0 Å². The van der Waals surface area contributed by atoms with Gasteiger partial charge in [0.1, 0.15) is 0 Å². The summed E-state index contributed by atoms with van der Waals surface area (Å²) >= 11 is 6.34. The topological polar surface area (TPSA) is 52.7 Å². The number of nitrogens with one attached hydrogen (secondary N) is 1. The van der Waals surface area contributed by atoms with Crippen LogP contribution in [0.1, 0.15) is 18.5 Å². The molecule has 0 bridgehead atoms. The number of nitrogens with zero attached hydrogens (tertiary/aromatic N) is 2. The van der Waals surface area contributed by atoms with Crippen LogP contribution in [0.4, 0.5) is 0 Å². The third-order valence-electron chi connectivity index (χ3n) is 4.12. The van der Waals surface area contributed by atoms with Crippen molar-refractivity contribution in [2.45, 2.75) is 13.0 Å². The van der Waals surface area contributed by atoms with Crippen molar-refractivity contribution in [2.24, 2.45) is 0 Å². The minimum atomic E-state index is -3.22. The molecule has 22 heavy (non-hydrogen) atoms. The largest absolute Gasteiger partial charge is 0.304 e. The number of halogens is 1. The van der Waals surface area contributed by atoms with Gasteiger partial charge in [-0.1, -0.05) is 29.8 Å². The van der Waals surface area contributed by atoms with Crippen LogP contribution < -0.4 is 4.72 Å². The number of hydrogen-bond donors (Lipinski definition) is 1. The monoisotopic (exact) mass is 345 g/mol. The smallest absolute Gasteiger partial charge is 0.211 e. The van der Waals surface area contributed by atoms with Crippen LogP contribution in [0.25, 0.3) is 0 Å². The second-order valence-corrected chi connectivity index (χ2v) is 8.13. The molecule has 2 rings (SSSR count). The molecule has 1 unspecified atom stereocenters. The van der Waals surface area contributed by atoms with Gasteiger partial charge in [0.25, 0.3) is 0 Å². The summed E-state index contributed by atoms with van der Waals surface area (Å²) in [6.45, 7) is 5.75. The lowest BCUT2D eigenvalue weighted by Gasteiger charge is -2.38. The van der Waals surface area contributed by atoms with E-state index in [4.69, 9.17) is 11.6 Å². The van der Waals surface area contributed by atoms with Crippen molar-refractivity contribution >= 4 is 21.6 Å². The standard InChI is InChI=1S/C15H24ClN3O2S/c1-3-22(20,21)17-12-15(13-6-4-5-7-14(13)16)19-10-8-18(2)9-11-19/h4-7,15,17H,3,8-12H2,1-2H3. The van der Waals surface area contributed by atoms with E-state index in [1.165, 1.54) is 0 Å². The molecule has 0 aromatic heterocycles. The van der Waals surface area contributed by atoms with E-state index in [0.29, 0.717) is 11.6 Å². The zero-order chi connectivity index (χ0) is 16.2. The Bertz CT molecular complexity index is 586. The Balaban J connectivity index is 2.19. The Morgan fingerprint density at radius 1 is 1.23 bits per heavy atom. The second-order valence-electron chi connectivity index (χ2n) is 5.63. The lowest BCUT2D eigenvalue weighted by atomic mass is 10.0. The number of hydrogen-bond acceptors (Lipinski definition) is 4. The van der Waals surface area contributed by atoms with E-state index in [9.17, 15) is 8.42 Å². The van der Waals surface area contributed by atoms with E-state index in [2.05, 4.69) is 21.6 Å². The molecule has 1 heterocycles. The van der Waals surface area contributed by atoms with Crippen LogP contribution in [-0.2, 0) is 10.0 Å². The second kappa shape index (κ2) is 7.75. The highest BCUT2D eigenvalue weighted by molar-refractivity contribution is 7.89. The van der Waals surface area contributed by atoms with Gasteiger partial charge in [0, 0.05) is 43.8 Å². The van der Waals surface area contributed by atoms with Crippen molar-refractivity contribution < 1.29 is 8.42 Å². The van der Waals surface area contributed by atoms with E-state index in [1.807, 2.05) is 24.3 Å². The van der Waals surface area contributed by atoms with Crippen molar-refractivity contribution in [3.63, 3.8) is 0 Å². The molecule has 1 N–H and O–H groups in total. The molecular weight excluding hydrogens is 322 g/mol. The minimum absolute atomic E-state index is 0.0382. The van der Waals surface area contributed by atoms with Crippen LogP contribution in [-0.4, -0.2) is 63.7 Å². The molecule has 124 valence electrons. The van der Waals surface area contributed by atoms with Gasteiger partial charge in [0.15, 0.2) is 0 Å². The van der Waals surface area contributed by atoms with Crippen LogP contribution in [0.3, 0.4) is 0 Å². The maximum Gasteiger partial charge on any atom is 0.211 e. The Morgan fingerprint density at radius 2 is 1.86 bits per heavy atom. The fourth-order valence-electron chi connectivity index (χ4n) is 2.62. The predicted octanol–water partition coefficient (Wildman–Crippen LogP) is 1.57. The molecule has 1 aliphatic heterocycles.